The summed E-state index contributed by atoms with van der Waals surface area (Å²) in [7, 11) is 2.07. The standard InChI is InChI=1S/C28H49F2N9O2/c1-36-9-11-37(12-10-36)27(41)18-7-8-38(16-18)24-21(30)14-32-15-22(24)34-26(40)23-25(31)35-39-17-20(29)13-33-28(23,39)19-5-3-2-4-6-19/h18-25,32-33,35H,2-17,31H2,1H3,(H,34,40). The Morgan fingerprint density at radius 2 is 1.71 bits per heavy atom. The van der Waals surface area contributed by atoms with Crippen LogP contribution in [0.2, 0.25) is 0 Å². The van der Waals surface area contributed by atoms with E-state index >= 15 is 4.39 Å². The number of nitrogens with two attached hydrogens (primary N) is 1. The maximum atomic E-state index is 15.6. The van der Waals surface area contributed by atoms with E-state index in [1.807, 2.05) is 9.91 Å². The summed E-state index contributed by atoms with van der Waals surface area (Å²) in [5, 5.41) is 11.7. The second kappa shape index (κ2) is 12.3. The van der Waals surface area contributed by atoms with Gasteiger partial charge in [0.25, 0.3) is 0 Å². The second-order valence-electron chi connectivity index (χ2n) is 13.3. The Hall–Kier alpha value is -1.48. The molecule has 1 aliphatic carbocycles. The lowest BCUT2D eigenvalue weighted by Gasteiger charge is -2.52. The van der Waals surface area contributed by atoms with Crippen LogP contribution in [0.4, 0.5) is 8.78 Å². The zero-order valence-corrected chi connectivity index (χ0v) is 24.4. The number of rotatable bonds is 5. The highest BCUT2D eigenvalue weighted by molar-refractivity contribution is 5.82. The van der Waals surface area contributed by atoms with E-state index in [0.29, 0.717) is 26.1 Å². The van der Waals surface area contributed by atoms with Gasteiger partial charge in [0.1, 0.15) is 23.9 Å². The molecule has 232 valence electrons. The Bertz CT molecular complexity index is 946. The number of halogens is 2. The first-order chi connectivity index (χ1) is 19.8. The summed E-state index contributed by atoms with van der Waals surface area (Å²) >= 11 is 0. The van der Waals surface area contributed by atoms with E-state index < -0.39 is 42.2 Å². The van der Waals surface area contributed by atoms with Gasteiger partial charge in [-0.05, 0) is 38.8 Å². The maximum absolute atomic E-state index is 15.6. The van der Waals surface area contributed by atoms with E-state index in [9.17, 15) is 14.0 Å². The first-order valence-corrected chi connectivity index (χ1v) is 15.8. The molecule has 0 aromatic rings. The molecule has 5 saturated heterocycles. The zero-order chi connectivity index (χ0) is 28.7. The van der Waals surface area contributed by atoms with Gasteiger partial charge in [0, 0.05) is 58.9 Å². The van der Waals surface area contributed by atoms with Crippen molar-refractivity contribution in [2.24, 2.45) is 23.5 Å². The number of nitrogens with one attached hydrogen (secondary N) is 4. The van der Waals surface area contributed by atoms with Crippen molar-refractivity contribution in [2.45, 2.75) is 74.8 Å². The minimum absolute atomic E-state index is 0.146. The SMILES string of the molecule is CN1CCN(C(=O)C2CCN(C3C(F)CNCC3NC(=O)C3C(N)NN4CC(F)CNC34C3CCCCC3)C2)CC1. The first kappa shape index (κ1) is 29.6. The smallest absolute Gasteiger partial charge is 0.229 e. The number of nitrogens with zero attached hydrogens (tertiary/aromatic N) is 4. The van der Waals surface area contributed by atoms with E-state index in [0.717, 1.165) is 58.3 Å². The van der Waals surface area contributed by atoms with Gasteiger partial charge in [-0.2, -0.15) is 0 Å². The molecule has 6 rings (SSSR count). The van der Waals surface area contributed by atoms with E-state index in [1.54, 1.807) is 0 Å². The number of hydrogen-bond acceptors (Lipinski definition) is 9. The summed E-state index contributed by atoms with van der Waals surface area (Å²) in [5.74, 6) is -0.693. The molecule has 0 aromatic carbocycles. The molecule has 0 radical (unpaired) electrons. The van der Waals surface area contributed by atoms with Gasteiger partial charge in [0.2, 0.25) is 11.8 Å². The van der Waals surface area contributed by atoms with E-state index in [2.05, 4.69) is 38.2 Å². The quantitative estimate of drug-likeness (QED) is 0.273. The molecule has 0 spiro atoms. The van der Waals surface area contributed by atoms with Gasteiger partial charge in [-0.25, -0.2) is 19.2 Å². The van der Waals surface area contributed by atoms with Crippen LogP contribution in [0.25, 0.3) is 0 Å². The van der Waals surface area contributed by atoms with Gasteiger partial charge >= 0.3 is 0 Å². The number of likely N-dealkylation sites (N-methyl/N-ethyl adjacent to an activating group) is 1. The number of fused-ring (bicyclic) bond motifs is 1. The average Bonchev–Trinajstić information content (AvgIpc) is 3.56. The summed E-state index contributed by atoms with van der Waals surface area (Å²) in [6.07, 6.45) is 3.02. The maximum Gasteiger partial charge on any atom is 0.229 e. The molecule has 41 heavy (non-hydrogen) atoms. The molecule has 1 saturated carbocycles. The lowest BCUT2D eigenvalue weighted by Crippen LogP contribution is -2.73. The van der Waals surface area contributed by atoms with Crippen molar-refractivity contribution < 1.29 is 18.4 Å². The summed E-state index contributed by atoms with van der Waals surface area (Å²) in [6, 6.07) is -0.988. The molecule has 8 unspecified atom stereocenters. The predicted molar refractivity (Wildman–Crippen MR) is 151 cm³/mol. The normalized spacial score (nSPS) is 41.9. The summed E-state index contributed by atoms with van der Waals surface area (Å²) in [4.78, 5) is 33.7. The number of likely N-dealkylation sites (tertiary alicyclic amines) is 1. The van der Waals surface area contributed by atoms with Gasteiger partial charge in [-0.3, -0.25) is 19.8 Å². The van der Waals surface area contributed by atoms with Crippen molar-refractivity contribution >= 4 is 11.8 Å². The van der Waals surface area contributed by atoms with Gasteiger partial charge in [-0.15, -0.1) is 0 Å². The highest BCUT2D eigenvalue weighted by atomic mass is 19.1. The number of piperazine rings is 1. The fraction of sp³-hybridized carbons (Fsp3) is 0.929. The van der Waals surface area contributed by atoms with Gasteiger partial charge in [0.15, 0.2) is 0 Å². The Morgan fingerprint density at radius 3 is 2.46 bits per heavy atom. The third kappa shape index (κ3) is 5.63. The number of amides is 2. The molecular weight excluding hydrogens is 532 g/mol. The molecule has 0 bridgehead atoms. The van der Waals surface area contributed by atoms with Crippen molar-refractivity contribution in [3.63, 3.8) is 0 Å². The fourth-order valence-electron chi connectivity index (χ4n) is 8.58. The van der Waals surface area contributed by atoms with Gasteiger partial charge in [-0.1, -0.05) is 19.3 Å². The van der Waals surface area contributed by atoms with Gasteiger partial charge < -0.3 is 26.2 Å². The van der Waals surface area contributed by atoms with Crippen LogP contribution < -0.4 is 27.1 Å². The van der Waals surface area contributed by atoms with Crippen molar-refractivity contribution in [1.82, 2.24) is 41.1 Å². The fourth-order valence-corrected chi connectivity index (χ4v) is 8.58. The molecule has 5 heterocycles. The van der Waals surface area contributed by atoms with Crippen LogP contribution in [0, 0.1) is 17.8 Å². The molecule has 2 amide bonds. The molecule has 8 atom stereocenters. The largest absolute Gasteiger partial charge is 0.350 e. The number of carbonyl (C=O) groups excluding carboxylic acids is 2. The minimum atomic E-state index is -1.18. The van der Waals surface area contributed by atoms with Crippen LogP contribution in [0.15, 0.2) is 0 Å². The van der Waals surface area contributed by atoms with Crippen LogP contribution in [0.5, 0.6) is 0 Å². The lowest BCUT2D eigenvalue weighted by atomic mass is 9.72. The number of piperidine rings is 1. The van der Waals surface area contributed by atoms with Crippen LogP contribution >= 0.6 is 0 Å². The molecule has 0 aromatic heterocycles. The number of hydrazine groups is 1. The molecule has 6 aliphatic rings. The molecule has 13 heteroatoms. The minimum Gasteiger partial charge on any atom is -0.350 e. The highest BCUT2D eigenvalue weighted by Crippen LogP contribution is 2.44. The molecule has 5 aliphatic heterocycles. The Kier molecular flexibility index (Phi) is 8.84. The number of carbonyl (C=O) groups is 2. The second-order valence-corrected chi connectivity index (χ2v) is 13.3. The van der Waals surface area contributed by atoms with E-state index in [-0.39, 0.29) is 43.3 Å². The summed E-state index contributed by atoms with van der Waals surface area (Å²) < 4.78 is 30.1. The topological polar surface area (TPSA) is 121 Å². The monoisotopic (exact) mass is 581 g/mol. The Labute approximate surface area is 242 Å². The lowest BCUT2D eigenvalue weighted by molar-refractivity contribution is -0.138. The summed E-state index contributed by atoms with van der Waals surface area (Å²) in [5.41, 5.74) is 9.03. The number of hydrogen-bond donors (Lipinski definition) is 5. The first-order valence-electron chi connectivity index (χ1n) is 15.8. The average molecular weight is 582 g/mol. The van der Waals surface area contributed by atoms with Crippen LogP contribution in [0.3, 0.4) is 0 Å². The van der Waals surface area contributed by atoms with Gasteiger partial charge in [0.05, 0.1) is 24.2 Å². The Balaban J connectivity index is 1.16. The molecule has 6 fully saturated rings. The van der Waals surface area contributed by atoms with Crippen molar-refractivity contribution in [3.05, 3.63) is 0 Å². The molecular formula is C28H49F2N9O2. The van der Waals surface area contributed by atoms with Crippen LogP contribution in [0.1, 0.15) is 38.5 Å². The third-order valence-corrected chi connectivity index (χ3v) is 10.7. The highest BCUT2D eigenvalue weighted by Gasteiger charge is 2.62. The van der Waals surface area contributed by atoms with Crippen LogP contribution in [-0.4, -0.2) is 140 Å². The zero-order valence-electron chi connectivity index (χ0n) is 24.4. The van der Waals surface area contributed by atoms with Crippen molar-refractivity contribution in [2.75, 3.05) is 72.5 Å². The number of alkyl halides is 2. The molecule has 6 N–H and O–H groups in total. The van der Waals surface area contributed by atoms with E-state index in [1.165, 1.54) is 0 Å². The van der Waals surface area contributed by atoms with Crippen molar-refractivity contribution in [3.8, 4) is 0 Å². The predicted octanol–water partition coefficient (Wildman–Crippen LogP) is -1.18. The Morgan fingerprint density at radius 1 is 0.951 bits per heavy atom. The third-order valence-electron chi connectivity index (χ3n) is 10.7. The summed E-state index contributed by atoms with van der Waals surface area (Å²) in [6.45, 7) is 5.36. The van der Waals surface area contributed by atoms with Crippen molar-refractivity contribution in [1.29, 1.82) is 0 Å². The van der Waals surface area contributed by atoms with E-state index in [4.69, 9.17) is 5.73 Å². The van der Waals surface area contributed by atoms with Crippen LogP contribution in [-0.2, 0) is 9.59 Å². The molecule has 11 nitrogen and oxygen atoms in total.